The molecule has 0 radical (unpaired) electrons. The lowest BCUT2D eigenvalue weighted by Crippen LogP contribution is -2.23. The molecule has 7 heteroatoms. The number of pyridine rings is 1. The SMILES string of the molecule is CCOc1cccnc1C(=O)Nc1c(C)n(C)n(-c2ccccc2)c1=O. The second-order valence-electron chi connectivity index (χ2n) is 5.67. The third-order valence-electron chi connectivity index (χ3n) is 4.08. The van der Waals surface area contributed by atoms with Gasteiger partial charge in [0.1, 0.15) is 5.69 Å². The van der Waals surface area contributed by atoms with Gasteiger partial charge in [-0.1, -0.05) is 18.2 Å². The maximum absolute atomic E-state index is 12.9. The van der Waals surface area contributed by atoms with Crippen molar-refractivity contribution >= 4 is 11.6 Å². The van der Waals surface area contributed by atoms with Gasteiger partial charge in [0, 0.05) is 13.2 Å². The summed E-state index contributed by atoms with van der Waals surface area (Å²) in [5.74, 6) is -0.107. The van der Waals surface area contributed by atoms with E-state index in [9.17, 15) is 9.59 Å². The summed E-state index contributed by atoms with van der Waals surface area (Å²) in [4.78, 5) is 29.6. The molecule has 2 heterocycles. The van der Waals surface area contributed by atoms with Crippen LogP contribution in [0.5, 0.6) is 5.75 Å². The van der Waals surface area contributed by atoms with E-state index in [-0.39, 0.29) is 16.9 Å². The van der Waals surface area contributed by atoms with E-state index in [1.165, 1.54) is 10.9 Å². The van der Waals surface area contributed by atoms with Crippen LogP contribution >= 0.6 is 0 Å². The van der Waals surface area contributed by atoms with E-state index < -0.39 is 5.91 Å². The number of benzene rings is 1. The van der Waals surface area contributed by atoms with Crippen LogP contribution in [0.1, 0.15) is 23.1 Å². The third kappa shape index (κ3) is 3.11. The molecule has 26 heavy (non-hydrogen) atoms. The zero-order valence-corrected chi connectivity index (χ0v) is 14.9. The Hall–Kier alpha value is -3.35. The first-order chi connectivity index (χ1) is 12.5. The molecule has 1 N–H and O–H groups in total. The molecule has 1 aromatic carbocycles. The largest absolute Gasteiger partial charge is 0.491 e. The molecule has 0 atom stereocenters. The summed E-state index contributed by atoms with van der Waals surface area (Å²) in [6.07, 6.45) is 1.51. The highest BCUT2D eigenvalue weighted by molar-refractivity contribution is 6.04. The average Bonchev–Trinajstić information content (AvgIpc) is 2.86. The number of rotatable bonds is 5. The Morgan fingerprint density at radius 2 is 1.92 bits per heavy atom. The first kappa shape index (κ1) is 17.5. The number of nitrogens with zero attached hydrogens (tertiary/aromatic N) is 3. The molecule has 3 rings (SSSR count). The summed E-state index contributed by atoms with van der Waals surface area (Å²) in [6, 6.07) is 12.6. The minimum absolute atomic E-state index is 0.142. The Morgan fingerprint density at radius 1 is 1.19 bits per heavy atom. The highest BCUT2D eigenvalue weighted by Crippen LogP contribution is 2.19. The third-order valence-corrected chi connectivity index (χ3v) is 4.08. The molecule has 0 spiro atoms. The van der Waals surface area contributed by atoms with Gasteiger partial charge in [0.25, 0.3) is 11.5 Å². The van der Waals surface area contributed by atoms with Gasteiger partial charge >= 0.3 is 0 Å². The van der Waals surface area contributed by atoms with E-state index in [1.54, 1.807) is 30.8 Å². The molecule has 3 aromatic rings. The fraction of sp³-hybridized carbons (Fsp3) is 0.211. The topological polar surface area (TPSA) is 78.2 Å². The van der Waals surface area contributed by atoms with E-state index >= 15 is 0 Å². The zero-order chi connectivity index (χ0) is 18.7. The molecule has 7 nitrogen and oxygen atoms in total. The average molecular weight is 352 g/mol. The number of hydrogen-bond acceptors (Lipinski definition) is 4. The van der Waals surface area contributed by atoms with Gasteiger partial charge in [-0.25, -0.2) is 9.67 Å². The normalized spacial score (nSPS) is 10.6. The van der Waals surface area contributed by atoms with Crippen LogP contribution < -0.4 is 15.6 Å². The van der Waals surface area contributed by atoms with Crippen molar-refractivity contribution < 1.29 is 9.53 Å². The molecule has 134 valence electrons. The number of carbonyl (C=O) groups excluding carboxylic acids is 1. The molecule has 0 saturated heterocycles. The van der Waals surface area contributed by atoms with Gasteiger partial charge in [0.05, 0.1) is 18.0 Å². The second-order valence-corrected chi connectivity index (χ2v) is 5.67. The maximum Gasteiger partial charge on any atom is 0.295 e. The molecule has 0 saturated carbocycles. The molecule has 0 bridgehead atoms. The Bertz CT molecular complexity index is 990. The van der Waals surface area contributed by atoms with Crippen LogP contribution in [-0.2, 0) is 7.05 Å². The molecule has 0 fully saturated rings. The van der Waals surface area contributed by atoms with Gasteiger partial charge in [-0.2, -0.15) is 0 Å². The van der Waals surface area contributed by atoms with Crippen molar-refractivity contribution in [1.82, 2.24) is 14.3 Å². The van der Waals surface area contributed by atoms with Crippen molar-refractivity contribution in [2.24, 2.45) is 7.05 Å². The number of amides is 1. The van der Waals surface area contributed by atoms with E-state index in [4.69, 9.17) is 4.74 Å². The Labute approximate surface area is 150 Å². The van der Waals surface area contributed by atoms with E-state index in [0.29, 0.717) is 18.1 Å². The first-order valence-electron chi connectivity index (χ1n) is 8.27. The molecule has 0 aliphatic carbocycles. The van der Waals surface area contributed by atoms with Crippen molar-refractivity contribution in [2.75, 3.05) is 11.9 Å². The summed E-state index contributed by atoms with van der Waals surface area (Å²) in [6.45, 7) is 4.02. The minimum atomic E-state index is -0.486. The van der Waals surface area contributed by atoms with E-state index in [0.717, 1.165) is 5.69 Å². The second kappa shape index (κ2) is 7.26. The monoisotopic (exact) mass is 352 g/mol. The summed E-state index contributed by atoms with van der Waals surface area (Å²) < 4.78 is 8.65. The summed E-state index contributed by atoms with van der Waals surface area (Å²) in [5, 5.41) is 2.69. The highest BCUT2D eigenvalue weighted by atomic mass is 16.5. The quantitative estimate of drug-likeness (QED) is 0.765. The molecule has 2 aromatic heterocycles. The van der Waals surface area contributed by atoms with Crippen molar-refractivity contribution in [3.63, 3.8) is 0 Å². The number of nitrogens with one attached hydrogen (secondary N) is 1. The zero-order valence-electron chi connectivity index (χ0n) is 14.9. The minimum Gasteiger partial charge on any atom is -0.491 e. The van der Waals surface area contributed by atoms with Crippen molar-refractivity contribution in [1.29, 1.82) is 0 Å². The predicted molar refractivity (Wildman–Crippen MR) is 99.1 cm³/mol. The summed E-state index contributed by atoms with van der Waals surface area (Å²) >= 11 is 0. The van der Waals surface area contributed by atoms with Gasteiger partial charge in [-0.3, -0.25) is 14.3 Å². The Morgan fingerprint density at radius 3 is 2.62 bits per heavy atom. The van der Waals surface area contributed by atoms with Gasteiger partial charge < -0.3 is 10.1 Å². The number of ether oxygens (including phenoxy) is 1. The molecule has 1 amide bonds. The molecular weight excluding hydrogens is 332 g/mol. The number of para-hydroxylation sites is 1. The number of anilines is 1. The van der Waals surface area contributed by atoms with Crippen LogP contribution in [0.2, 0.25) is 0 Å². The van der Waals surface area contributed by atoms with Crippen LogP contribution in [0.3, 0.4) is 0 Å². The Balaban J connectivity index is 1.99. The van der Waals surface area contributed by atoms with Crippen LogP contribution in [0.4, 0.5) is 5.69 Å². The first-order valence-corrected chi connectivity index (χ1v) is 8.27. The fourth-order valence-corrected chi connectivity index (χ4v) is 2.72. The number of carbonyl (C=O) groups is 1. The van der Waals surface area contributed by atoms with Crippen molar-refractivity contribution in [3.05, 3.63) is 70.4 Å². The highest BCUT2D eigenvalue weighted by Gasteiger charge is 2.21. The van der Waals surface area contributed by atoms with Crippen LogP contribution in [0, 0.1) is 6.92 Å². The number of hydrogen-bond donors (Lipinski definition) is 1. The van der Waals surface area contributed by atoms with Gasteiger partial charge in [0.15, 0.2) is 11.4 Å². The lowest BCUT2D eigenvalue weighted by molar-refractivity contribution is 0.101. The maximum atomic E-state index is 12.9. The molecule has 0 aliphatic rings. The Kier molecular flexibility index (Phi) is 4.88. The fourth-order valence-electron chi connectivity index (χ4n) is 2.72. The predicted octanol–water partition coefficient (Wildman–Crippen LogP) is 2.53. The van der Waals surface area contributed by atoms with Gasteiger partial charge in [0.2, 0.25) is 0 Å². The molecular formula is C19H20N4O3. The smallest absolute Gasteiger partial charge is 0.295 e. The summed E-state index contributed by atoms with van der Waals surface area (Å²) in [5.41, 5.74) is 1.41. The number of aromatic nitrogens is 3. The molecule has 0 aliphatic heterocycles. The lowest BCUT2D eigenvalue weighted by Gasteiger charge is -2.08. The van der Waals surface area contributed by atoms with E-state index in [1.807, 2.05) is 37.3 Å². The standard InChI is InChI=1S/C19H20N4O3/c1-4-26-15-11-8-12-20-17(15)18(24)21-16-13(2)22(3)23(19(16)25)14-9-6-5-7-10-14/h5-12H,4H2,1-3H3,(H,21,24). The summed E-state index contributed by atoms with van der Waals surface area (Å²) in [7, 11) is 1.77. The lowest BCUT2D eigenvalue weighted by atomic mass is 10.3. The van der Waals surface area contributed by atoms with Crippen molar-refractivity contribution in [2.45, 2.75) is 13.8 Å². The van der Waals surface area contributed by atoms with Crippen LogP contribution in [-0.4, -0.2) is 26.9 Å². The van der Waals surface area contributed by atoms with Crippen LogP contribution in [0.25, 0.3) is 5.69 Å². The van der Waals surface area contributed by atoms with Gasteiger partial charge in [-0.15, -0.1) is 0 Å². The van der Waals surface area contributed by atoms with Gasteiger partial charge in [-0.05, 0) is 38.1 Å². The van der Waals surface area contributed by atoms with E-state index in [2.05, 4.69) is 10.3 Å². The van der Waals surface area contributed by atoms with Crippen LogP contribution in [0.15, 0.2) is 53.5 Å². The van der Waals surface area contributed by atoms with Crippen molar-refractivity contribution in [3.8, 4) is 11.4 Å². The molecule has 0 unspecified atom stereocenters.